The maximum Gasteiger partial charge on any atom is 0.273 e. The summed E-state index contributed by atoms with van der Waals surface area (Å²) >= 11 is 0. The Morgan fingerprint density at radius 3 is 1.35 bits per heavy atom. The number of rotatable bonds is 22. The van der Waals surface area contributed by atoms with Gasteiger partial charge in [0.05, 0.1) is 34.1 Å². The molecule has 0 aliphatic heterocycles. The van der Waals surface area contributed by atoms with Crippen LogP contribution < -0.4 is 0 Å². The molecule has 3 rings (SSSR count). The minimum atomic E-state index is -0.330. The molecule has 0 unspecified atom stereocenters. The molecule has 0 atom stereocenters. The van der Waals surface area contributed by atoms with Crippen molar-refractivity contribution in [2.75, 3.05) is 39.3 Å². The lowest BCUT2D eigenvalue weighted by Crippen LogP contribution is -2.33. The van der Waals surface area contributed by atoms with Gasteiger partial charge in [-0.2, -0.15) is 0 Å². The van der Waals surface area contributed by atoms with E-state index in [2.05, 4.69) is 33.6 Å². The summed E-state index contributed by atoms with van der Waals surface area (Å²) < 4.78 is 0. The number of aliphatic imine (C=N–C) groups is 2. The molecule has 12 nitrogen and oxygen atoms in total. The lowest BCUT2D eigenvalue weighted by Gasteiger charge is -2.20. The normalized spacial score (nSPS) is 15.2. The van der Waals surface area contributed by atoms with Crippen LogP contribution >= 0.6 is 0 Å². The number of carbonyl (C=O) groups excluding carboxylic acids is 2. The van der Waals surface area contributed by atoms with Gasteiger partial charge in [-0.05, 0) is 51.9 Å². The van der Waals surface area contributed by atoms with Crippen molar-refractivity contribution in [3.63, 3.8) is 0 Å². The van der Waals surface area contributed by atoms with Crippen molar-refractivity contribution in [3.8, 4) is 0 Å². The summed E-state index contributed by atoms with van der Waals surface area (Å²) in [4.78, 5) is 60.5. The fourth-order valence-electron chi connectivity index (χ4n) is 5.85. The van der Waals surface area contributed by atoms with Crippen LogP contribution in [0.2, 0.25) is 0 Å². The second-order valence-corrected chi connectivity index (χ2v) is 12.2. The average molecular weight is 663 g/mol. The molecule has 0 heterocycles. The third-order valence-electron chi connectivity index (χ3n) is 8.73. The fraction of sp³-hybridized carbons (Fsp3) is 0.556. The number of carbonyl (C=O) groups is 2. The monoisotopic (exact) mass is 662 g/mol. The molecule has 0 saturated heterocycles. The number of hydrogen-bond donors (Lipinski definition) is 0. The van der Waals surface area contributed by atoms with E-state index in [1.165, 1.54) is 0 Å². The minimum Gasteiger partial charge on any atom is -0.299 e. The highest BCUT2D eigenvalue weighted by atomic mass is 16.6. The number of nitro groups is 2. The van der Waals surface area contributed by atoms with Crippen LogP contribution in [0, 0.1) is 20.2 Å². The van der Waals surface area contributed by atoms with Gasteiger partial charge in [0.1, 0.15) is 0 Å². The molecule has 48 heavy (non-hydrogen) atoms. The minimum absolute atomic E-state index is 0.0289. The van der Waals surface area contributed by atoms with Crippen LogP contribution in [0.3, 0.4) is 0 Å². The summed E-state index contributed by atoms with van der Waals surface area (Å²) in [5.41, 5.74) is 2.49. The van der Waals surface area contributed by atoms with Crippen molar-refractivity contribution in [2.24, 2.45) is 9.98 Å². The molecule has 0 N–H and O–H groups in total. The van der Waals surface area contributed by atoms with Crippen LogP contribution in [0.4, 0.5) is 11.4 Å². The van der Waals surface area contributed by atoms with Crippen LogP contribution in [-0.4, -0.2) is 81.9 Å². The van der Waals surface area contributed by atoms with Gasteiger partial charge in [0.2, 0.25) is 0 Å². The molecule has 1 aliphatic rings. The van der Waals surface area contributed by atoms with Gasteiger partial charge in [0.15, 0.2) is 11.6 Å². The number of benzene rings is 2. The van der Waals surface area contributed by atoms with E-state index in [9.17, 15) is 29.8 Å². The van der Waals surface area contributed by atoms with E-state index < -0.39 is 0 Å². The first kappa shape index (κ1) is 38.3. The molecule has 1 fully saturated rings. The maximum absolute atomic E-state index is 12.6. The Kier molecular flexibility index (Phi) is 16.7. The molecule has 2 aromatic rings. The van der Waals surface area contributed by atoms with Crippen molar-refractivity contribution in [3.05, 3.63) is 79.9 Å². The highest BCUT2D eigenvalue weighted by molar-refractivity contribution is 6.60. The predicted molar refractivity (Wildman–Crippen MR) is 189 cm³/mol. The van der Waals surface area contributed by atoms with Crippen molar-refractivity contribution < 1.29 is 19.4 Å². The molecular formula is C36H50N6O6. The van der Waals surface area contributed by atoms with Gasteiger partial charge < -0.3 is 0 Å². The van der Waals surface area contributed by atoms with Crippen LogP contribution in [-0.2, 0) is 22.7 Å². The second kappa shape index (κ2) is 20.9. The lowest BCUT2D eigenvalue weighted by molar-refractivity contribution is -0.385. The highest BCUT2D eigenvalue weighted by Gasteiger charge is 2.28. The average Bonchev–Trinajstić information content (AvgIpc) is 3.08. The molecule has 2 aromatic carbocycles. The Labute approximate surface area is 283 Å². The van der Waals surface area contributed by atoms with E-state index in [4.69, 9.17) is 0 Å². The predicted octanol–water partition coefficient (Wildman–Crippen LogP) is 6.78. The number of unbranched alkanes of at least 4 members (excludes halogenated alkanes) is 6. The number of hydrogen-bond acceptors (Lipinski definition) is 10. The van der Waals surface area contributed by atoms with Crippen molar-refractivity contribution in [2.45, 2.75) is 91.1 Å². The number of para-hydroxylation sites is 2. The summed E-state index contributed by atoms with van der Waals surface area (Å²) in [7, 11) is 0. The van der Waals surface area contributed by atoms with Crippen LogP contribution in [0.1, 0.15) is 89.2 Å². The molecular weight excluding hydrogens is 612 g/mol. The first-order chi connectivity index (χ1) is 23.2. The van der Waals surface area contributed by atoms with Crippen LogP contribution in [0.25, 0.3) is 0 Å². The van der Waals surface area contributed by atoms with Gasteiger partial charge in [-0.3, -0.25) is 49.6 Å². The quantitative estimate of drug-likeness (QED) is 0.0760. The van der Waals surface area contributed by atoms with E-state index in [1.807, 2.05) is 24.3 Å². The topological polar surface area (TPSA) is 152 Å². The lowest BCUT2D eigenvalue weighted by atomic mass is 9.93. The molecule has 1 aliphatic carbocycles. The zero-order chi connectivity index (χ0) is 34.7. The largest absolute Gasteiger partial charge is 0.299 e. The summed E-state index contributed by atoms with van der Waals surface area (Å²) in [5.74, 6) is -0.222. The third-order valence-corrected chi connectivity index (χ3v) is 8.73. The molecule has 12 heteroatoms. The fourth-order valence-corrected chi connectivity index (χ4v) is 5.85. The van der Waals surface area contributed by atoms with Crippen molar-refractivity contribution >= 4 is 34.4 Å². The van der Waals surface area contributed by atoms with Gasteiger partial charge in [0.25, 0.3) is 11.4 Å². The van der Waals surface area contributed by atoms with Crippen LogP contribution in [0.15, 0.2) is 58.5 Å². The number of Topliss-reactive ketones (excluding diaryl/α,β-unsaturated/α-hetero) is 2. The first-order valence-electron chi connectivity index (χ1n) is 17.3. The summed E-state index contributed by atoms with van der Waals surface area (Å²) in [6.45, 7) is 9.58. The Hall–Kier alpha value is -4.16. The van der Waals surface area contributed by atoms with E-state index in [-0.39, 0.29) is 45.6 Å². The Balaban J connectivity index is 1.28. The van der Waals surface area contributed by atoms with Gasteiger partial charge in [-0.1, -0.05) is 75.9 Å². The van der Waals surface area contributed by atoms with Crippen LogP contribution in [0.5, 0.6) is 0 Å². The standard InChI is InChI=1S/C36H50N6O6/c1-3-39(27-29-17-9-11-19-33(29)41(45)46)23-15-7-5-13-21-37-31-25-36(44)32(26-35(31)43)38-22-14-6-8-16-24-40(4-2)28-30-18-10-12-20-34(30)42(47)48/h9-12,17-20H,3-8,13-16,21-28H2,1-2H3. The zero-order valence-corrected chi connectivity index (χ0v) is 28.5. The Morgan fingerprint density at radius 1 is 0.604 bits per heavy atom. The summed E-state index contributed by atoms with van der Waals surface area (Å²) in [5, 5.41) is 22.6. The molecule has 0 radical (unpaired) electrons. The van der Waals surface area contributed by atoms with E-state index in [0.29, 0.717) is 37.6 Å². The molecule has 0 bridgehead atoms. The number of ketones is 2. The van der Waals surface area contributed by atoms with Gasteiger partial charge in [-0.15, -0.1) is 0 Å². The van der Waals surface area contributed by atoms with Gasteiger partial charge in [0, 0.05) is 49.4 Å². The van der Waals surface area contributed by atoms with Gasteiger partial charge >= 0.3 is 0 Å². The van der Waals surface area contributed by atoms with Gasteiger partial charge in [-0.25, -0.2) is 0 Å². The van der Waals surface area contributed by atoms with E-state index in [1.54, 1.807) is 24.3 Å². The number of nitrogens with zero attached hydrogens (tertiary/aromatic N) is 6. The van der Waals surface area contributed by atoms with Crippen molar-refractivity contribution in [1.29, 1.82) is 0 Å². The smallest absolute Gasteiger partial charge is 0.273 e. The SMILES string of the molecule is CCN(CCCCCCN=C1CC(=O)C(=NCCCCCCN(CC)Cc2ccccc2[N+](=O)[O-])CC1=O)Cc1ccccc1[N+](=O)[O-]. The summed E-state index contributed by atoms with van der Waals surface area (Å²) in [6.07, 6.45) is 7.59. The zero-order valence-electron chi connectivity index (χ0n) is 28.5. The molecule has 260 valence electrons. The van der Waals surface area contributed by atoms with E-state index in [0.717, 1.165) is 88.7 Å². The third kappa shape index (κ3) is 12.8. The first-order valence-corrected chi connectivity index (χ1v) is 17.3. The van der Waals surface area contributed by atoms with Crippen molar-refractivity contribution in [1.82, 2.24) is 9.80 Å². The number of nitro benzene ring substituents is 2. The maximum atomic E-state index is 12.6. The molecule has 1 saturated carbocycles. The van der Waals surface area contributed by atoms with E-state index >= 15 is 0 Å². The molecule has 0 spiro atoms. The Morgan fingerprint density at radius 2 is 0.979 bits per heavy atom. The summed E-state index contributed by atoms with van der Waals surface area (Å²) in [6, 6.07) is 13.7. The molecule has 0 aromatic heterocycles. The highest BCUT2D eigenvalue weighted by Crippen LogP contribution is 2.21. The Bertz CT molecular complexity index is 1330. The molecule has 0 amide bonds. The second-order valence-electron chi connectivity index (χ2n) is 12.2.